The molecule has 2 N–H and O–H groups in total. The Morgan fingerprint density at radius 3 is 2.77 bits per heavy atom. The molecule has 2 atom stereocenters. The number of hydrogen-bond acceptors (Lipinski definition) is 5. The van der Waals surface area contributed by atoms with Gasteiger partial charge in [0, 0.05) is 52.3 Å². The Morgan fingerprint density at radius 1 is 1.45 bits per heavy atom. The molecule has 1 aliphatic heterocycles. The van der Waals surface area contributed by atoms with Crippen molar-refractivity contribution in [1.29, 1.82) is 0 Å². The number of aliphatic hydroxyl groups is 1. The van der Waals surface area contributed by atoms with Crippen LogP contribution in [0, 0.1) is 5.92 Å². The average Bonchev–Trinajstić information content (AvgIpc) is 2.77. The van der Waals surface area contributed by atoms with Crippen molar-refractivity contribution in [3.05, 3.63) is 23.9 Å². The first-order valence-corrected chi connectivity index (χ1v) is 7.71. The van der Waals surface area contributed by atoms with E-state index in [1.54, 1.807) is 0 Å². The van der Waals surface area contributed by atoms with E-state index < -0.39 is 6.10 Å². The molecule has 6 nitrogen and oxygen atoms in total. The van der Waals surface area contributed by atoms with Crippen LogP contribution in [-0.2, 0) is 11.2 Å². The molecule has 122 valence electrons. The van der Waals surface area contributed by atoms with E-state index in [9.17, 15) is 9.90 Å². The van der Waals surface area contributed by atoms with Gasteiger partial charge < -0.3 is 20.2 Å². The third-order valence-corrected chi connectivity index (χ3v) is 4.04. The Kier molecular flexibility index (Phi) is 5.74. The summed E-state index contributed by atoms with van der Waals surface area (Å²) in [5, 5.41) is 12.8. The van der Waals surface area contributed by atoms with E-state index in [1.165, 1.54) is 0 Å². The van der Waals surface area contributed by atoms with Gasteiger partial charge >= 0.3 is 0 Å². The molecule has 6 heteroatoms. The molecule has 22 heavy (non-hydrogen) atoms. The van der Waals surface area contributed by atoms with Crippen LogP contribution in [0.1, 0.15) is 12.0 Å². The number of rotatable bonds is 6. The fraction of sp³-hybridized carbons (Fsp3) is 0.625. The van der Waals surface area contributed by atoms with Crippen LogP contribution in [-0.4, -0.2) is 67.8 Å². The van der Waals surface area contributed by atoms with Gasteiger partial charge in [-0.3, -0.25) is 4.79 Å². The lowest BCUT2D eigenvalue weighted by atomic mass is 10.0. The van der Waals surface area contributed by atoms with Crippen molar-refractivity contribution >= 4 is 11.7 Å². The van der Waals surface area contributed by atoms with Crippen LogP contribution >= 0.6 is 0 Å². The lowest BCUT2D eigenvalue weighted by Crippen LogP contribution is -2.30. The number of carbonyl (C=O) groups excluding carboxylic acids is 1. The van der Waals surface area contributed by atoms with Gasteiger partial charge in [-0.1, -0.05) is 6.07 Å². The highest BCUT2D eigenvalue weighted by atomic mass is 16.3. The predicted molar refractivity (Wildman–Crippen MR) is 86.9 cm³/mol. The first-order chi connectivity index (χ1) is 10.5. The molecule has 2 heterocycles. The molecule has 0 aliphatic carbocycles. The van der Waals surface area contributed by atoms with Gasteiger partial charge in [-0.2, -0.15) is 0 Å². The first kappa shape index (κ1) is 16.7. The maximum absolute atomic E-state index is 11.9. The third-order valence-electron chi connectivity index (χ3n) is 4.04. The van der Waals surface area contributed by atoms with Gasteiger partial charge in [0.05, 0.1) is 6.10 Å². The molecule has 0 aromatic carbocycles. The molecule has 0 unspecified atom stereocenters. The molecule has 1 saturated heterocycles. The molecule has 1 amide bonds. The lowest BCUT2D eigenvalue weighted by molar-refractivity contribution is -0.122. The zero-order chi connectivity index (χ0) is 16.1. The van der Waals surface area contributed by atoms with Gasteiger partial charge in [0.1, 0.15) is 5.82 Å². The smallest absolute Gasteiger partial charge is 0.220 e. The van der Waals surface area contributed by atoms with Crippen LogP contribution in [0.2, 0.25) is 0 Å². The number of pyridine rings is 1. The second-order valence-corrected chi connectivity index (χ2v) is 6.27. The molecule has 1 aromatic heterocycles. The fourth-order valence-corrected chi connectivity index (χ4v) is 2.75. The Hall–Kier alpha value is -1.66. The maximum Gasteiger partial charge on any atom is 0.220 e. The van der Waals surface area contributed by atoms with Crippen LogP contribution < -0.4 is 10.2 Å². The summed E-state index contributed by atoms with van der Waals surface area (Å²) in [4.78, 5) is 20.3. The highest BCUT2D eigenvalue weighted by molar-refractivity contribution is 5.76. The van der Waals surface area contributed by atoms with Crippen molar-refractivity contribution in [2.75, 3.05) is 45.7 Å². The molecule has 0 saturated carbocycles. The van der Waals surface area contributed by atoms with Crippen molar-refractivity contribution in [2.24, 2.45) is 5.92 Å². The van der Waals surface area contributed by atoms with Gasteiger partial charge in [0.2, 0.25) is 5.91 Å². The number of anilines is 1. The van der Waals surface area contributed by atoms with Crippen molar-refractivity contribution in [1.82, 2.24) is 15.2 Å². The highest BCUT2D eigenvalue weighted by Gasteiger charge is 2.30. The molecule has 0 bridgehead atoms. The summed E-state index contributed by atoms with van der Waals surface area (Å²) in [7, 11) is 5.87. The minimum absolute atomic E-state index is 0.0113. The number of nitrogens with zero attached hydrogens (tertiary/aromatic N) is 3. The van der Waals surface area contributed by atoms with Crippen LogP contribution in [0.4, 0.5) is 5.82 Å². The number of nitrogens with one attached hydrogen (secondary N) is 1. The summed E-state index contributed by atoms with van der Waals surface area (Å²) in [5.74, 6) is 0.982. The van der Waals surface area contributed by atoms with Crippen molar-refractivity contribution < 1.29 is 9.90 Å². The van der Waals surface area contributed by atoms with Crippen molar-refractivity contribution in [3.8, 4) is 0 Å². The Labute approximate surface area is 132 Å². The summed E-state index contributed by atoms with van der Waals surface area (Å²) in [6.45, 7) is 2.03. The maximum atomic E-state index is 11.9. The van der Waals surface area contributed by atoms with Gasteiger partial charge in [-0.15, -0.1) is 0 Å². The lowest BCUT2D eigenvalue weighted by Gasteiger charge is -2.13. The topological polar surface area (TPSA) is 68.7 Å². The molecule has 1 aliphatic rings. The summed E-state index contributed by atoms with van der Waals surface area (Å²) < 4.78 is 0. The predicted octanol–water partition coefficient (Wildman–Crippen LogP) is 0.119. The number of hydrogen-bond donors (Lipinski definition) is 2. The quantitative estimate of drug-likeness (QED) is 0.781. The van der Waals surface area contributed by atoms with E-state index in [0.717, 1.165) is 24.3 Å². The van der Waals surface area contributed by atoms with Gasteiger partial charge in [0.25, 0.3) is 0 Å². The second kappa shape index (κ2) is 7.56. The summed E-state index contributed by atoms with van der Waals surface area (Å²) in [5.41, 5.74) is 1.10. The number of aromatic nitrogens is 1. The van der Waals surface area contributed by atoms with E-state index in [4.69, 9.17) is 0 Å². The van der Waals surface area contributed by atoms with Crippen molar-refractivity contribution in [2.45, 2.75) is 18.9 Å². The second-order valence-electron chi connectivity index (χ2n) is 6.27. The van der Waals surface area contributed by atoms with E-state index in [-0.39, 0.29) is 11.8 Å². The van der Waals surface area contributed by atoms with Crippen molar-refractivity contribution in [3.63, 3.8) is 0 Å². The van der Waals surface area contributed by atoms with Crippen LogP contribution in [0.25, 0.3) is 0 Å². The van der Waals surface area contributed by atoms with Crippen LogP contribution in [0.3, 0.4) is 0 Å². The zero-order valence-corrected chi connectivity index (χ0v) is 13.6. The Morgan fingerprint density at radius 2 is 2.23 bits per heavy atom. The summed E-state index contributed by atoms with van der Waals surface area (Å²) >= 11 is 0. The number of aliphatic hydroxyl groups excluding tert-OH is 1. The standard InChI is InChI=1S/C16H26N4O2/c1-19(2)15-5-4-12(9-18-15)6-7-17-16(22)8-13-10-20(3)11-14(13)21/h4-5,9,13-14,21H,6-8,10-11H2,1-3H3,(H,17,22)/t13-,14-/m1/s1. The minimum atomic E-state index is -0.390. The Bertz CT molecular complexity index is 489. The molecule has 0 radical (unpaired) electrons. The first-order valence-electron chi connectivity index (χ1n) is 7.71. The molecule has 1 fully saturated rings. The third kappa shape index (κ3) is 4.68. The SMILES string of the molecule is CN1C[C@@H](CC(=O)NCCc2ccc(N(C)C)nc2)[C@H](O)C1. The number of likely N-dealkylation sites (tertiary alicyclic amines) is 1. The number of likely N-dealkylation sites (N-methyl/N-ethyl adjacent to an activating group) is 1. The van der Waals surface area contributed by atoms with E-state index >= 15 is 0 Å². The number of β-amino-alcohol motifs (C(OH)–C–C–N with tert-alkyl or cyclic N) is 1. The molecule has 0 spiro atoms. The average molecular weight is 306 g/mol. The highest BCUT2D eigenvalue weighted by Crippen LogP contribution is 2.18. The minimum Gasteiger partial charge on any atom is -0.391 e. The molecule has 2 rings (SSSR count). The normalized spacial score (nSPS) is 21.8. The molecular formula is C16H26N4O2. The monoisotopic (exact) mass is 306 g/mol. The van der Waals surface area contributed by atoms with E-state index in [0.29, 0.717) is 19.5 Å². The fourth-order valence-electron chi connectivity index (χ4n) is 2.75. The molecular weight excluding hydrogens is 280 g/mol. The van der Waals surface area contributed by atoms with Gasteiger partial charge in [-0.25, -0.2) is 4.98 Å². The Balaban J connectivity index is 1.70. The summed E-state index contributed by atoms with van der Waals surface area (Å²) in [6, 6.07) is 4.01. The molecule has 1 aromatic rings. The number of amides is 1. The van der Waals surface area contributed by atoms with E-state index in [2.05, 4.69) is 15.2 Å². The number of carbonyl (C=O) groups is 1. The van der Waals surface area contributed by atoms with Crippen LogP contribution in [0.5, 0.6) is 0 Å². The van der Waals surface area contributed by atoms with Gasteiger partial charge in [-0.05, 0) is 25.1 Å². The largest absolute Gasteiger partial charge is 0.391 e. The van der Waals surface area contributed by atoms with Gasteiger partial charge in [0.15, 0.2) is 0 Å². The van der Waals surface area contributed by atoms with E-state index in [1.807, 2.05) is 44.4 Å². The zero-order valence-electron chi connectivity index (χ0n) is 13.6. The van der Waals surface area contributed by atoms with Crippen LogP contribution in [0.15, 0.2) is 18.3 Å². The summed E-state index contributed by atoms with van der Waals surface area (Å²) in [6.07, 6.45) is 2.61.